The van der Waals surface area contributed by atoms with Crippen LogP contribution in [0, 0.1) is 13.8 Å². The lowest BCUT2D eigenvalue weighted by atomic mass is 10.0. The van der Waals surface area contributed by atoms with Crippen LogP contribution in [0.25, 0.3) is 22.4 Å². The number of pyridine rings is 1. The van der Waals surface area contributed by atoms with Gasteiger partial charge in [-0.05, 0) is 51.1 Å². The van der Waals surface area contributed by atoms with E-state index in [9.17, 15) is 9.59 Å². The number of anilines is 1. The number of aromatic nitrogens is 2. The second-order valence-corrected chi connectivity index (χ2v) is 8.75. The molecule has 0 bridgehead atoms. The molecular weight excluding hydrogens is 428 g/mol. The summed E-state index contributed by atoms with van der Waals surface area (Å²) in [6.07, 6.45) is 0. The Morgan fingerprint density at radius 2 is 1.59 bits per heavy atom. The number of benzene rings is 2. The summed E-state index contributed by atoms with van der Waals surface area (Å²) in [6, 6.07) is 17.5. The van der Waals surface area contributed by atoms with E-state index < -0.39 is 0 Å². The van der Waals surface area contributed by atoms with Crippen molar-refractivity contribution < 1.29 is 14.1 Å². The van der Waals surface area contributed by atoms with Gasteiger partial charge in [-0.3, -0.25) is 9.59 Å². The SMILES string of the molecule is CC(=O)c1ccc(N2CCN(C(=O)c3cc(-c4ccc(C)cc4)nc4onc(C)c34)CC2)cc1. The Bertz CT molecular complexity index is 1370. The van der Waals surface area contributed by atoms with Gasteiger partial charge in [-0.25, -0.2) is 4.98 Å². The number of carbonyl (C=O) groups excluding carboxylic acids is 2. The number of ketones is 1. The topological polar surface area (TPSA) is 79.5 Å². The summed E-state index contributed by atoms with van der Waals surface area (Å²) in [5.74, 6) is 0.0123. The maximum Gasteiger partial charge on any atom is 0.259 e. The van der Waals surface area contributed by atoms with E-state index in [0.717, 1.165) is 16.8 Å². The van der Waals surface area contributed by atoms with Crippen LogP contribution < -0.4 is 4.90 Å². The molecule has 1 saturated heterocycles. The lowest BCUT2D eigenvalue weighted by molar-refractivity contribution is 0.0748. The smallest absolute Gasteiger partial charge is 0.259 e. The minimum Gasteiger partial charge on any atom is -0.368 e. The monoisotopic (exact) mass is 454 g/mol. The Labute approximate surface area is 198 Å². The number of aryl methyl sites for hydroxylation is 2. The second kappa shape index (κ2) is 8.74. The Morgan fingerprint density at radius 1 is 0.912 bits per heavy atom. The molecule has 1 amide bonds. The van der Waals surface area contributed by atoms with E-state index in [2.05, 4.69) is 15.0 Å². The van der Waals surface area contributed by atoms with E-state index in [1.165, 1.54) is 0 Å². The molecule has 1 fully saturated rings. The summed E-state index contributed by atoms with van der Waals surface area (Å²) >= 11 is 0. The number of nitrogens with zero attached hydrogens (tertiary/aromatic N) is 4. The molecule has 0 atom stereocenters. The highest BCUT2D eigenvalue weighted by Crippen LogP contribution is 2.29. The van der Waals surface area contributed by atoms with Crippen LogP contribution in [0.3, 0.4) is 0 Å². The van der Waals surface area contributed by atoms with Crippen molar-refractivity contribution in [3.05, 3.63) is 77.0 Å². The first-order chi connectivity index (χ1) is 16.4. The van der Waals surface area contributed by atoms with E-state index in [1.54, 1.807) is 6.92 Å². The van der Waals surface area contributed by atoms with Gasteiger partial charge in [0.1, 0.15) is 0 Å². The summed E-state index contributed by atoms with van der Waals surface area (Å²) in [7, 11) is 0. The fourth-order valence-electron chi connectivity index (χ4n) is 4.38. The van der Waals surface area contributed by atoms with Crippen molar-refractivity contribution in [1.29, 1.82) is 0 Å². The molecule has 7 nitrogen and oxygen atoms in total. The van der Waals surface area contributed by atoms with Crippen molar-refractivity contribution >= 4 is 28.5 Å². The van der Waals surface area contributed by atoms with Crippen LogP contribution in [0.1, 0.15) is 38.9 Å². The van der Waals surface area contributed by atoms with Gasteiger partial charge in [0.15, 0.2) is 5.78 Å². The van der Waals surface area contributed by atoms with Crippen molar-refractivity contribution in [2.45, 2.75) is 20.8 Å². The second-order valence-electron chi connectivity index (χ2n) is 8.75. The third-order valence-corrected chi connectivity index (χ3v) is 6.40. The van der Waals surface area contributed by atoms with Gasteiger partial charge >= 0.3 is 0 Å². The van der Waals surface area contributed by atoms with Crippen molar-refractivity contribution in [2.24, 2.45) is 0 Å². The fraction of sp³-hybridized carbons (Fsp3) is 0.259. The molecule has 3 heterocycles. The van der Waals surface area contributed by atoms with Gasteiger partial charge in [0.2, 0.25) is 0 Å². The minimum absolute atomic E-state index is 0.0429. The molecule has 4 aromatic rings. The number of Topliss-reactive ketones (excluding diaryl/α,β-unsaturated/α-hetero) is 1. The van der Waals surface area contributed by atoms with Gasteiger partial charge in [0.25, 0.3) is 11.6 Å². The quantitative estimate of drug-likeness (QED) is 0.417. The van der Waals surface area contributed by atoms with Crippen molar-refractivity contribution in [1.82, 2.24) is 15.0 Å². The molecule has 2 aromatic carbocycles. The highest BCUT2D eigenvalue weighted by molar-refractivity contribution is 6.07. The summed E-state index contributed by atoms with van der Waals surface area (Å²) in [5.41, 5.74) is 6.14. The van der Waals surface area contributed by atoms with E-state index in [0.29, 0.717) is 59.8 Å². The average Bonchev–Trinajstić information content (AvgIpc) is 3.24. The number of amides is 1. The van der Waals surface area contributed by atoms with E-state index in [4.69, 9.17) is 4.52 Å². The Morgan fingerprint density at radius 3 is 2.24 bits per heavy atom. The molecule has 172 valence electrons. The van der Waals surface area contributed by atoms with Crippen LogP contribution in [-0.2, 0) is 0 Å². The number of hydrogen-bond acceptors (Lipinski definition) is 6. The summed E-state index contributed by atoms with van der Waals surface area (Å²) in [5, 5.41) is 4.73. The maximum absolute atomic E-state index is 13.6. The predicted octanol–water partition coefficient (Wildman–Crippen LogP) is 4.67. The third-order valence-electron chi connectivity index (χ3n) is 6.40. The van der Waals surface area contributed by atoms with Crippen LogP contribution in [0.4, 0.5) is 5.69 Å². The summed E-state index contributed by atoms with van der Waals surface area (Å²) < 4.78 is 5.45. The Kier molecular flexibility index (Phi) is 5.61. The zero-order valence-electron chi connectivity index (χ0n) is 19.5. The number of rotatable bonds is 4. The molecule has 7 heteroatoms. The number of fused-ring (bicyclic) bond motifs is 1. The van der Waals surface area contributed by atoms with Crippen molar-refractivity contribution in [2.75, 3.05) is 31.1 Å². The van der Waals surface area contributed by atoms with Crippen LogP contribution in [-0.4, -0.2) is 52.9 Å². The van der Waals surface area contributed by atoms with Gasteiger partial charge in [-0.1, -0.05) is 35.0 Å². The molecule has 2 aromatic heterocycles. The first kappa shape index (κ1) is 21.8. The van der Waals surface area contributed by atoms with E-state index in [1.807, 2.05) is 73.3 Å². The molecule has 0 aliphatic carbocycles. The molecule has 1 aliphatic rings. The van der Waals surface area contributed by atoms with Gasteiger partial charge in [-0.15, -0.1) is 0 Å². The molecule has 1 aliphatic heterocycles. The molecule has 0 unspecified atom stereocenters. The first-order valence-electron chi connectivity index (χ1n) is 11.4. The molecule has 0 saturated carbocycles. The van der Waals surface area contributed by atoms with Gasteiger partial charge < -0.3 is 14.3 Å². The fourth-order valence-corrected chi connectivity index (χ4v) is 4.38. The largest absolute Gasteiger partial charge is 0.368 e. The zero-order valence-corrected chi connectivity index (χ0v) is 19.5. The minimum atomic E-state index is -0.0429. The summed E-state index contributed by atoms with van der Waals surface area (Å²) in [6.45, 7) is 8.06. The molecule has 0 radical (unpaired) electrons. The predicted molar refractivity (Wildman–Crippen MR) is 131 cm³/mol. The number of hydrogen-bond donors (Lipinski definition) is 0. The molecule has 34 heavy (non-hydrogen) atoms. The zero-order chi connectivity index (χ0) is 23.8. The lowest BCUT2D eigenvalue weighted by Gasteiger charge is -2.36. The van der Waals surface area contributed by atoms with Crippen molar-refractivity contribution in [3.8, 4) is 11.3 Å². The highest BCUT2D eigenvalue weighted by atomic mass is 16.5. The molecule has 0 N–H and O–H groups in total. The first-order valence-corrected chi connectivity index (χ1v) is 11.4. The van der Waals surface area contributed by atoms with Crippen molar-refractivity contribution in [3.63, 3.8) is 0 Å². The van der Waals surface area contributed by atoms with Crippen LogP contribution in [0.2, 0.25) is 0 Å². The molecule has 0 spiro atoms. The Balaban J connectivity index is 1.39. The third kappa shape index (κ3) is 4.05. The van der Waals surface area contributed by atoms with Gasteiger partial charge in [0, 0.05) is 43.0 Å². The van der Waals surface area contributed by atoms with E-state index in [-0.39, 0.29) is 11.7 Å². The lowest BCUT2D eigenvalue weighted by Crippen LogP contribution is -2.48. The molecule has 5 rings (SSSR count). The average molecular weight is 455 g/mol. The van der Waals surface area contributed by atoms with Gasteiger partial charge in [0.05, 0.1) is 22.3 Å². The highest BCUT2D eigenvalue weighted by Gasteiger charge is 2.26. The molecular formula is C27H26N4O3. The maximum atomic E-state index is 13.6. The van der Waals surface area contributed by atoms with Gasteiger partial charge in [-0.2, -0.15) is 0 Å². The normalized spacial score (nSPS) is 14.0. The van der Waals surface area contributed by atoms with Crippen LogP contribution >= 0.6 is 0 Å². The Hall–Kier alpha value is -4.00. The van der Waals surface area contributed by atoms with Crippen LogP contribution in [0.15, 0.2) is 59.1 Å². The summed E-state index contributed by atoms with van der Waals surface area (Å²) in [4.78, 5) is 33.9. The van der Waals surface area contributed by atoms with E-state index >= 15 is 0 Å². The standard InChI is InChI=1S/C27H26N4O3/c1-17-4-6-21(7-5-17)24-16-23(25-18(2)29-34-26(25)28-24)27(33)31-14-12-30(13-15-31)22-10-8-20(9-11-22)19(3)32/h4-11,16H,12-15H2,1-3H3. The number of carbonyl (C=O) groups is 2. The number of piperazine rings is 1. The van der Waals surface area contributed by atoms with Crippen LogP contribution in [0.5, 0.6) is 0 Å².